The highest BCUT2D eigenvalue weighted by Crippen LogP contribution is 2.12. The molecule has 0 aliphatic carbocycles. The van der Waals surface area contributed by atoms with E-state index in [4.69, 9.17) is 4.74 Å². The van der Waals surface area contributed by atoms with E-state index in [0.29, 0.717) is 6.61 Å². The zero-order valence-corrected chi connectivity index (χ0v) is 9.37. The summed E-state index contributed by atoms with van der Waals surface area (Å²) in [7, 11) is 0. The highest BCUT2D eigenvalue weighted by molar-refractivity contribution is 5.82. The molecule has 1 amide bonds. The van der Waals surface area contributed by atoms with Crippen LogP contribution in [0, 0.1) is 0 Å². The number of rotatable bonds is 1. The van der Waals surface area contributed by atoms with Gasteiger partial charge in [0.25, 0.3) is 0 Å². The van der Waals surface area contributed by atoms with Crippen molar-refractivity contribution in [2.75, 3.05) is 26.2 Å². The number of nitrogens with one attached hydrogen (secondary N) is 1. The fourth-order valence-corrected chi connectivity index (χ4v) is 2.30. The molecule has 2 atom stereocenters. The summed E-state index contributed by atoms with van der Waals surface area (Å²) in [6, 6.07) is 0.0593. The van der Waals surface area contributed by atoms with Crippen LogP contribution >= 0.6 is 0 Å². The Morgan fingerprint density at radius 2 is 2.33 bits per heavy atom. The molecule has 0 aromatic carbocycles. The van der Waals surface area contributed by atoms with E-state index in [-0.39, 0.29) is 18.1 Å². The van der Waals surface area contributed by atoms with Gasteiger partial charge < -0.3 is 15.0 Å². The third-order valence-electron chi connectivity index (χ3n) is 3.16. The first-order chi connectivity index (χ1) is 7.27. The van der Waals surface area contributed by atoms with E-state index in [1.807, 2.05) is 11.8 Å². The molecule has 86 valence electrons. The first-order valence-electron chi connectivity index (χ1n) is 5.91. The van der Waals surface area contributed by atoms with Crippen LogP contribution in [0.5, 0.6) is 0 Å². The van der Waals surface area contributed by atoms with Crippen LogP contribution in [0.4, 0.5) is 0 Å². The maximum Gasteiger partial charge on any atom is 0.239 e. The van der Waals surface area contributed by atoms with E-state index >= 15 is 0 Å². The van der Waals surface area contributed by atoms with Gasteiger partial charge in [-0.25, -0.2) is 0 Å². The van der Waals surface area contributed by atoms with Crippen molar-refractivity contribution in [3.05, 3.63) is 0 Å². The number of morpholine rings is 1. The van der Waals surface area contributed by atoms with Gasteiger partial charge in [0.1, 0.15) is 0 Å². The first-order valence-corrected chi connectivity index (χ1v) is 5.91. The molecule has 2 heterocycles. The average Bonchev–Trinajstić information content (AvgIpc) is 2.29. The Kier molecular flexibility index (Phi) is 3.59. The third kappa shape index (κ3) is 2.69. The molecule has 2 saturated heterocycles. The fraction of sp³-hybridized carbons (Fsp3) is 0.909. The summed E-state index contributed by atoms with van der Waals surface area (Å²) < 4.78 is 5.43. The predicted octanol–water partition coefficient (Wildman–Crippen LogP) is 0.376. The summed E-state index contributed by atoms with van der Waals surface area (Å²) in [6.45, 7) is 5.18. The lowest BCUT2D eigenvalue weighted by atomic mass is 10.0. The lowest BCUT2D eigenvalue weighted by molar-refractivity contribution is -0.140. The predicted molar refractivity (Wildman–Crippen MR) is 57.6 cm³/mol. The Balaban J connectivity index is 1.88. The number of nitrogens with zero attached hydrogens (tertiary/aromatic N) is 1. The fourth-order valence-electron chi connectivity index (χ4n) is 2.30. The van der Waals surface area contributed by atoms with Crippen LogP contribution in [-0.2, 0) is 9.53 Å². The van der Waals surface area contributed by atoms with E-state index in [1.54, 1.807) is 0 Å². The number of hydrogen-bond acceptors (Lipinski definition) is 3. The molecule has 2 fully saturated rings. The molecule has 0 bridgehead atoms. The third-order valence-corrected chi connectivity index (χ3v) is 3.16. The summed E-state index contributed by atoms with van der Waals surface area (Å²) in [5.74, 6) is 0.268. The minimum Gasteiger partial charge on any atom is -0.375 e. The Morgan fingerprint density at radius 1 is 1.47 bits per heavy atom. The molecule has 1 N–H and O–H groups in total. The quantitative estimate of drug-likeness (QED) is 0.683. The number of ether oxygens (including phenoxy) is 1. The number of hydrogen-bond donors (Lipinski definition) is 1. The Hall–Kier alpha value is -0.610. The van der Waals surface area contributed by atoms with Gasteiger partial charge in [-0.2, -0.15) is 0 Å². The average molecular weight is 212 g/mol. The summed E-state index contributed by atoms with van der Waals surface area (Å²) in [6.07, 6.45) is 3.54. The van der Waals surface area contributed by atoms with Gasteiger partial charge in [0, 0.05) is 13.1 Å². The Labute approximate surface area is 91.0 Å². The zero-order valence-electron chi connectivity index (χ0n) is 9.37. The molecule has 0 radical (unpaired) electrons. The van der Waals surface area contributed by atoms with Crippen LogP contribution in [0.15, 0.2) is 0 Å². The summed E-state index contributed by atoms with van der Waals surface area (Å²) in [5.41, 5.74) is 0. The van der Waals surface area contributed by atoms with E-state index in [2.05, 4.69) is 5.32 Å². The molecule has 15 heavy (non-hydrogen) atoms. The van der Waals surface area contributed by atoms with Gasteiger partial charge in [-0.05, 0) is 26.3 Å². The highest BCUT2D eigenvalue weighted by atomic mass is 16.5. The second-order valence-electron chi connectivity index (χ2n) is 4.47. The van der Waals surface area contributed by atoms with Crippen LogP contribution in [-0.4, -0.2) is 49.2 Å². The van der Waals surface area contributed by atoms with Crippen molar-refractivity contribution in [2.45, 2.75) is 38.3 Å². The summed E-state index contributed by atoms with van der Waals surface area (Å²) >= 11 is 0. The van der Waals surface area contributed by atoms with Crippen molar-refractivity contribution in [3.8, 4) is 0 Å². The van der Waals surface area contributed by atoms with Gasteiger partial charge >= 0.3 is 0 Å². The lowest BCUT2D eigenvalue weighted by Crippen LogP contribution is -2.53. The van der Waals surface area contributed by atoms with Crippen molar-refractivity contribution in [2.24, 2.45) is 0 Å². The lowest BCUT2D eigenvalue weighted by Gasteiger charge is -2.35. The van der Waals surface area contributed by atoms with Crippen molar-refractivity contribution in [3.63, 3.8) is 0 Å². The van der Waals surface area contributed by atoms with Crippen LogP contribution in [0.1, 0.15) is 26.2 Å². The van der Waals surface area contributed by atoms with E-state index in [9.17, 15) is 4.79 Å². The van der Waals surface area contributed by atoms with E-state index in [0.717, 1.165) is 26.1 Å². The maximum absolute atomic E-state index is 12.1. The molecule has 2 aliphatic heterocycles. The maximum atomic E-state index is 12.1. The number of amides is 1. The molecular formula is C11H20N2O2. The summed E-state index contributed by atoms with van der Waals surface area (Å²) in [4.78, 5) is 14.0. The van der Waals surface area contributed by atoms with Crippen LogP contribution < -0.4 is 5.32 Å². The Bertz CT molecular complexity index is 227. The number of piperidine rings is 1. The topological polar surface area (TPSA) is 41.6 Å². The monoisotopic (exact) mass is 212 g/mol. The first kappa shape index (κ1) is 10.9. The molecular weight excluding hydrogens is 192 g/mol. The molecule has 0 aromatic rings. The molecule has 0 saturated carbocycles. The molecule has 0 aromatic heterocycles. The smallest absolute Gasteiger partial charge is 0.239 e. The van der Waals surface area contributed by atoms with E-state index < -0.39 is 0 Å². The second kappa shape index (κ2) is 4.94. The van der Waals surface area contributed by atoms with Crippen LogP contribution in [0.3, 0.4) is 0 Å². The minimum absolute atomic E-state index is 0.0593. The normalized spacial score (nSPS) is 32.7. The molecule has 1 unspecified atom stereocenters. The van der Waals surface area contributed by atoms with Gasteiger partial charge in [0.05, 0.1) is 18.8 Å². The SMILES string of the molecule is CC1CN(C(=O)[C@@H]2CCCCN2)CCO1. The number of carbonyl (C=O) groups excluding carboxylic acids is 1. The second-order valence-corrected chi connectivity index (χ2v) is 4.47. The summed E-state index contributed by atoms with van der Waals surface area (Å²) in [5, 5.41) is 3.30. The van der Waals surface area contributed by atoms with Crippen molar-refractivity contribution in [1.29, 1.82) is 0 Å². The van der Waals surface area contributed by atoms with E-state index in [1.165, 1.54) is 12.8 Å². The minimum atomic E-state index is 0.0593. The molecule has 2 rings (SSSR count). The zero-order chi connectivity index (χ0) is 10.7. The number of carbonyl (C=O) groups is 1. The van der Waals surface area contributed by atoms with Gasteiger partial charge in [-0.15, -0.1) is 0 Å². The van der Waals surface area contributed by atoms with Gasteiger partial charge in [-0.3, -0.25) is 4.79 Å². The van der Waals surface area contributed by atoms with Gasteiger partial charge in [0.15, 0.2) is 0 Å². The molecule has 2 aliphatic rings. The molecule has 4 heteroatoms. The Morgan fingerprint density at radius 3 is 3.00 bits per heavy atom. The van der Waals surface area contributed by atoms with Crippen LogP contribution in [0.25, 0.3) is 0 Å². The van der Waals surface area contributed by atoms with Gasteiger partial charge in [0.2, 0.25) is 5.91 Å². The highest BCUT2D eigenvalue weighted by Gasteiger charge is 2.28. The largest absolute Gasteiger partial charge is 0.375 e. The van der Waals surface area contributed by atoms with Crippen LogP contribution in [0.2, 0.25) is 0 Å². The molecule has 0 spiro atoms. The standard InChI is InChI=1S/C11H20N2O2/c1-9-8-13(6-7-15-9)11(14)10-4-2-3-5-12-10/h9-10,12H,2-8H2,1H3/t9?,10-/m0/s1. The molecule has 4 nitrogen and oxygen atoms in total. The van der Waals surface area contributed by atoms with Crippen molar-refractivity contribution < 1.29 is 9.53 Å². The van der Waals surface area contributed by atoms with Crippen molar-refractivity contribution in [1.82, 2.24) is 10.2 Å². The van der Waals surface area contributed by atoms with Crippen molar-refractivity contribution >= 4 is 5.91 Å². The van der Waals surface area contributed by atoms with Gasteiger partial charge in [-0.1, -0.05) is 6.42 Å².